The summed E-state index contributed by atoms with van der Waals surface area (Å²) in [6.07, 6.45) is 2.89. The van der Waals surface area contributed by atoms with E-state index in [-0.39, 0.29) is 0 Å². The third-order valence-corrected chi connectivity index (χ3v) is 1.08. The molecule has 1 heterocycles. The minimum absolute atomic E-state index is 0.469. The maximum atomic E-state index is 10.4. The summed E-state index contributed by atoms with van der Waals surface area (Å²) in [7, 11) is 0. The second kappa shape index (κ2) is 6.78. The fourth-order valence-electron chi connectivity index (χ4n) is 0.620. The van der Waals surface area contributed by atoms with E-state index >= 15 is 0 Å². The number of pyridine rings is 1. The molecule has 0 aliphatic rings. The molecule has 0 atom stereocenters. The minimum atomic E-state index is -0.609. The Morgan fingerprint density at radius 2 is 1.80 bits per heavy atom. The highest BCUT2D eigenvalue weighted by Crippen LogP contribution is 2.05. The van der Waals surface area contributed by atoms with Crippen molar-refractivity contribution in [3.8, 4) is 0 Å². The predicted molar refractivity (Wildman–Crippen MR) is 57.8 cm³/mol. The first-order chi connectivity index (χ1) is 6.95. The molecule has 1 rings (SSSR count). The van der Waals surface area contributed by atoms with Crippen molar-refractivity contribution >= 4 is 6.09 Å². The van der Waals surface area contributed by atoms with Crippen LogP contribution in [0.2, 0.25) is 0 Å². The van der Waals surface area contributed by atoms with Gasteiger partial charge in [-0.1, -0.05) is 6.07 Å². The Balaban J connectivity index is 0.000000280. The van der Waals surface area contributed by atoms with Crippen molar-refractivity contribution in [3.05, 3.63) is 30.6 Å². The lowest BCUT2D eigenvalue weighted by Crippen LogP contribution is -2.36. The van der Waals surface area contributed by atoms with Crippen LogP contribution >= 0.6 is 0 Å². The van der Waals surface area contributed by atoms with Crippen molar-refractivity contribution in [1.82, 2.24) is 10.4 Å². The molecule has 1 aromatic heterocycles. The van der Waals surface area contributed by atoms with Crippen LogP contribution in [-0.2, 0) is 4.74 Å². The number of hydrogen-bond acceptors (Lipinski definition) is 4. The van der Waals surface area contributed by atoms with Gasteiger partial charge in [-0.2, -0.15) is 0 Å². The van der Waals surface area contributed by atoms with Gasteiger partial charge in [0.15, 0.2) is 0 Å². The molecule has 84 valence electrons. The third-order valence-electron chi connectivity index (χ3n) is 1.08. The van der Waals surface area contributed by atoms with E-state index in [1.54, 1.807) is 33.2 Å². The molecule has 0 saturated heterocycles. The second-order valence-electron chi connectivity index (χ2n) is 3.67. The Morgan fingerprint density at radius 1 is 1.27 bits per heavy atom. The van der Waals surface area contributed by atoms with Gasteiger partial charge in [-0.15, -0.1) is 0 Å². The average molecular weight is 211 g/mol. The van der Waals surface area contributed by atoms with Gasteiger partial charge in [-0.25, -0.2) is 10.6 Å². The molecule has 15 heavy (non-hydrogen) atoms. The van der Waals surface area contributed by atoms with Crippen molar-refractivity contribution in [2.45, 2.75) is 26.4 Å². The molecule has 0 aliphatic heterocycles. The maximum absolute atomic E-state index is 10.4. The monoisotopic (exact) mass is 211 g/mol. The Kier molecular flexibility index (Phi) is 6.05. The number of carbonyl (C=O) groups excluding carboxylic acids is 1. The normalized spacial score (nSPS) is 9.60. The van der Waals surface area contributed by atoms with E-state index in [4.69, 9.17) is 10.6 Å². The Labute approximate surface area is 89.6 Å². The van der Waals surface area contributed by atoms with Gasteiger partial charge in [-0.05, 0) is 32.9 Å². The van der Waals surface area contributed by atoms with Gasteiger partial charge in [0, 0.05) is 12.4 Å². The van der Waals surface area contributed by atoms with Crippen molar-refractivity contribution < 1.29 is 9.53 Å². The highest BCUT2D eigenvalue weighted by molar-refractivity contribution is 5.66. The Bertz CT molecular complexity index is 243. The molecule has 0 spiro atoms. The van der Waals surface area contributed by atoms with Gasteiger partial charge in [0.05, 0.1) is 0 Å². The lowest BCUT2D eigenvalue weighted by molar-refractivity contribution is 0.0527. The fraction of sp³-hybridized carbons (Fsp3) is 0.400. The summed E-state index contributed by atoms with van der Waals surface area (Å²) in [6.45, 7) is 5.30. The molecular weight excluding hydrogens is 194 g/mol. The molecule has 0 bridgehead atoms. The van der Waals surface area contributed by atoms with Gasteiger partial charge in [0.2, 0.25) is 0 Å². The van der Waals surface area contributed by atoms with Crippen LogP contribution in [0.15, 0.2) is 30.6 Å². The van der Waals surface area contributed by atoms with E-state index in [1.165, 1.54) is 0 Å². The van der Waals surface area contributed by atoms with Crippen molar-refractivity contribution in [2.24, 2.45) is 5.84 Å². The third kappa shape index (κ3) is 10.3. The number of nitrogens with one attached hydrogen (secondary N) is 1. The van der Waals surface area contributed by atoms with Crippen LogP contribution in [0.5, 0.6) is 0 Å². The summed E-state index contributed by atoms with van der Waals surface area (Å²) in [5.74, 6) is 4.75. The minimum Gasteiger partial charge on any atom is -0.443 e. The predicted octanol–water partition coefficient (Wildman–Crippen LogP) is 1.47. The zero-order chi connectivity index (χ0) is 11.7. The first-order valence-electron chi connectivity index (χ1n) is 4.50. The summed E-state index contributed by atoms with van der Waals surface area (Å²) < 4.78 is 4.71. The summed E-state index contributed by atoms with van der Waals surface area (Å²) in [6, 6.07) is 5.72. The summed E-state index contributed by atoms with van der Waals surface area (Å²) in [5, 5.41) is 0. The number of rotatable bonds is 0. The fourth-order valence-corrected chi connectivity index (χ4v) is 0.620. The SMILES string of the molecule is CC(C)(C)OC(=O)NN.c1ccncc1. The molecule has 0 fully saturated rings. The van der Waals surface area contributed by atoms with E-state index in [2.05, 4.69) is 4.98 Å². The largest absolute Gasteiger partial charge is 0.443 e. The first-order valence-corrected chi connectivity index (χ1v) is 4.50. The number of hydrogen-bond donors (Lipinski definition) is 2. The van der Waals surface area contributed by atoms with Crippen molar-refractivity contribution in [2.75, 3.05) is 0 Å². The summed E-state index contributed by atoms with van der Waals surface area (Å²) >= 11 is 0. The molecule has 0 aliphatic carbocycles. The molecule has 0 aromatic carbocycles. The number of hydrazine groups is 1. The number of nitrogens with zero attached hydrogens (tertiary/aromatic N) is 1. The first kappa shape index (κ1) is 13.4. The van der Waals surface area contributed by atoms with Gasteiger partial charge in [-0.3, -0.25) is 10.4 Å². The van der Waals surface area contributed by atoms with E-state index in [1.807, 2.05) is 23.6 Å². The lowest BCUT2D eigenvalue weighted by atomic mass is 10.2. The Morgan fingerprint density at radius 3 is 1.93 bits per heavy atom. The molecular formula is C10H17N3O2. The summed E-state index contributed by atoms with van der Waals surface area (Å²) in [4.78, 5) is 14.2. The quantitative estimate of drug-likeness (QED) is 0.387. The molecule has 0 saturated carbocycles. The number of carbonyl (C=O) groups is 1. The lowest BCUT2D eigenvalue weighted by Gasteiger charge is -2.18. The highest BCUT2D eigenvalue weighted by atomic mass is 16.6. The average Bonchev–Trinajstić information content (AvgIpc) is 2.19. The molecule has 3 N–H and O–H groups in total. The molecule has 5 heteroatoms. The molecule has 0 unspecified atom stereocenters. The van der Waals surface area contributed by atoms with E-state index in [9.17, 15) is 4.79 Å². The van der Waals surface area contributed by atoms with Crippen LogP contribution in [0.25, 0.3) is 0 Å². The summed E-state index contributed by atoms with van der Waals surface area (Å²) in [5.41, 5.74) is 1.39. The number of aromatic nitrogens is 1. The van der Waals surface area contributed by atoms with Crippen LogP contribution in [0.4, 0.5) is 4.79 Å². The standard InChI is InChI=1S/C5H12N2O2.C5H5N/c1-5(2,3)9-4(8)7-6;1-2-4-6-5-3-1/h6H2,1-3H3,(H,7,8);1-5H. The molecule has 5 nitrogen and oxygen atoms in total. The number of amides is 1. The van der Waals surface area contributed by atoms with Gasteiger partial charge in [0.1, 0.15) is 5.60 Å². The number of ether oxygens (including phenoxy) is 1. The molecule has 1 amide bonds. The highest BCUT2D eigenvalue weighted by Gasteiger charge is 2.14. The second-order valence-corrected chi connectivity index (χ2v) is 3.67. The topological polar surface area (TPSA) is 77.2 Å². The van der Waals surface area contributed by atoms with E-state index < -0.39 is 11.7 Å². The van der Waals surface area contributed by atoms with Crippen LogP contribution < -0.4 is 11.3 Å². The van der Waals surface area contributed by atoms with Crippen LogP contribution in [0, 0.1) is 0 Å². The van der Waals surface area contributed by atoms with Gasteiger partial charge in [0.25, 0.3) is 0 Å². The van der Waals surface area contributed by atoms with Crippen LogP contribution in [0.1, 0.15) is 20.8 Å². The zero-order valence-corrected chi connectivity index (χ0v) is 9.23. The van der Waals surface area contributed by atoms with Gasteiger partial charge < -0.3 is 4.74 Å². The zero-order valence-electron chi connectivity index (χ0n) is 9.23. The van der Waals surface area contributed by atoms with Crippen LogP contribution in [-0.4, -0.2) is 16.7 Å². The van der Waals surface area contributed by atoms with Crippen molar-refractivity contribution in [1.29, 1.82) is 0 Å². The van der Waals surface area contributed by atoms with Gasteiger partial charge >= 0.3 is 6.09 Å². The molecule has 1 aromatic rings. The van der Waals surface area contributed by atoms with E-state index in [0.29, 0.717) is 0 Å². The molecule has 0 radical (unpaired) electrons. The number of nitrogens with two attached hydrogens (primary N) is 1. The maximum Gasteiger partial charge on any atom is 0.421 e. The Hall–Kier alpha value is -1.62. The van der Waals surface area contributed by atoms with E-state index in [0.717, 1.165) is 0 Å². The van der Waals surface area contributed by atoms with Crippen molar-refractivity contribution in [3.63, 3.8) is 0 Å². The smallest absolute Gasteiger partial charge is 0.421 e. The van der Waals surface area contributed by atoms with Crippen LogP contribution in [0.3, 0.4) is 0 Å².